The summed E-state index contributed by atoms with van der Waals surface area (Å²) < 4.78 is 23.6. The second-order valence-electron chi connectivity index (χ2n) is 9.18. The molecule has 3 aromatic rings. The fourth-order valence-corrected chi connectivity index (χ4v) is 4.89. The van der Waals surface area contributed by atoms with Crippen molar-refractivity contribution in [2.75, 3.05) is 24.6 Å². The zero-order valence-electron chi connectivity index (χ0n) is 18.8. The Bertz CT molecular complexity index is 1160. The van der Waals surface area contributed by atoms with Gasteiger partial charge in [-0.15, -0.1) is 0 Å². The van der Waals surface area contributed by atoms with Crippen molar-refractivity contribution in [1.29, 1.82) is 0 Å². The number of fused-ring (bicyclic) bond motifs is 1. The third-order valence-corrected chi connectivity index (χ3v) is 6.98. The zero-order valence-corrected chi connectivity index (χ0v) is 19.6. The zero-order chi connectivity index (χ0) is 23.0. The van der Waals surface area contributed by atoms with Crippen molar-refractivity contribution in [2.24, 2.45) is 5.92 Å². The van der Waals surface area contributed by atoms with Gasteiger partial charge in [0, 0.05) is 32.2 Å². The van der Waals surface area contributed by atoms with Gasteiger partial charge >= 0.3 is 5.97 Å². The molecule has 1 aromatic carbocycles. The van der Waals surface area contributed by atoms with Crippen LogP contribution in [0.25, 0.3) is 11.0 Å². The predicted octanol–water partition coefficient (Wildman–Crippen LogP) is 3.22. The molecule has 0 aliphatic carbocycles. The molecule has 172 valence electrons. The van der Waals surface area contributed by atoms with Crippen LogP contribution in [-0.4, -0.2) is 54.1 Å². The summed E-state index contributed by atoms with van der Waals surface area (Å²) >= 11 is -1.66. The van der Waals surface area contributed by atoms with E-state index in [-0.39, 0.29) is 11.1 Å². The number of rotatable bonds is 6. The molecule has 3 heterocycles. The molecule has 0 spiro atoms. The lowest BCUT2D eigenvalue weighted by Crippen LogP contribution is -2.25. The van der Waals surface area contributed by atoms with Crippen LogP contribution in [-0.2, 0) is 27.9 Å². The van der Waals surface area contributed by atoms with Crippen molar-refractivity contribution >= 4 is 33.9 Å². The number of carbonyl (C=O) groups is 1. The van der Waals surface area contributed by atoms with Crippen LogP contribution in [0.5, 0.6) is 0 Å². The first-order valence-corrected chi connectivity index (χ1v) is 11.7. The molecular formula is C22H29N5O4S. The maximum Gasteiger partial charge on any atom is 0.356 e. The normalized spacial score (nSPS) is 16.4. The molecule has 1 atom stereocenters. The lowest BCUT2D eigenvalue weighted by atomic mass is 9.94. The number of ether oxygens (including phenoxy) is 1. The van der Waals surface area contributed by atoms with E-state index in [0.717, 1.165) is 55.1 Å². The topological polar surface area (TPSA) is 102 Å². The van der Waals surface area contributed by atoms with Crippen molar-refractivity contribution in [3.8, 4) is 0 Å². The summed E-state index contributed by atoms with van der Waals surface area (Å²) in [6, 6.07) is 5.87. The van der Waals surface area contributed by atoms with Crippen LogP contribution in [0.3, 0.4) is 0 Å². The molecule has 10 heteroatoms. The van der Waals surface area contributed by atoms with Gasteiger partial charge < -0.3 is 14.4 Å². The van der Waals surface area contributed by atoms with Gasteiger partial charge in [-0.3, -0.25) is 4.31 Å². The highest BCUT2D eigenvalue weighted by molar-refractivity contribution is 7.84. The quantitative estimate of drug-likeness (QED) is 0.607. The van der Waals surface area contributed by atoms with Crippen LogP contribution in [0.1, 0.15) is 49.9 Å². The van der Waals surface area contributed by atoms with E-state index in [4.69, 9.17) is 14.8 Å². The number of hydrogen-bond acceptors (Lipinski definition) is 5. The average molecular weight is 460 g/mol. The van der Waals surface area contributed by atoms with Crippen molar-refractivity contribution in [2.45, 2.75) is 45.6 Å². The van der Waals surface area contributed by atoms with E-state index < -0.39 is 17.1 Å². The van der Waals surface area contributed by atoms with E-state index in [0.29, 0.717) is 5.92 Å². The fourth-order valence-electron chi connectivity index (χ4n) is 3.99. The highest BCUT2D eigenvalue weighted by Crippen LogP contribution is 2.31. The highest BCUT2D eigenvalue weighted by atomic mass is 32.2. The Kier molecular flexibility index (Phi) is 6.09. The molecule has 1 fully saturated rings. The van der Waals surface area contributed by atoms with E-state index >= 15 is 0 Å². The van der Waals surface area contributed by atoms with Crippen molar-refractivity contribution < 1.29 is 18.8 Å². The molecule has 0 radical (unpaired) electrons. The molecule has 1 aliphatic rings. The average Bonchev–Trinajstić information content (AvgIpc) is 3.39. The molecule has 2 aromatic heterocycles. The number of aromatic nitrogens is 4. The van der Waals surface area contributed by atoms with Gasteiger partial charge in [-0.2, -0.15) is 0 Å². The van der Waals surface area contributed by atoms with Crippen LogP contribution < -0.4 is 4.31 Å². The van der Waals surface area contributed by atoms with Gasteiger partial charge in [0.15, 0.2) is 5.69 Å². The number of hydrogen-bond donors (Lipinski definition) is 1. The van der Waals surface area contributed by atoms with Crippen molar-refractivity contribution in [3.05, 3.63) is 42.2 Å². The van der Waals surface area contributed by atoms with Gasteiger partial charge in [-0.1, -0.05) is 20.8 Å². The van der Waals surface area contributed by atoms with Crippen molar-refractivity contribution in [1.82, 2.24) is 18.5 Å². The Balaban J connectivity index is 1.67. The predicted molar refractivity (Wildman–Crippen MR) is 123 cm³/mol. The molecule has 32 heavy (non-hydrogen) atoms. The van der Waals surface area contributed by atoms with E-state index in [1.165, 1.54) is 16.5 Å². The van der Waals surface area contributed by atoms with E-state index in [2.05, 4.69) is 30.3 Å². The minimum absolute atomic E-state index is 0.122. The molecule has 0 bridgehead atoms. The first-order valence-electron chi connectivity index (χ1n) is 10.7. The summed E-state index contributed by atoms with van der Waals surface area (Å²) in [5.41, 5.74) is 2.35. The molecule has 0 saturated carbocycles. The van der Waals surface area contributed by atoms with Gasteiger partial charge in [-0.05, 0) is 37.0 Å². The second kappa shape index (κ2) is 8.67. The number of benzene rings is 1. The number of nitrogens with zero attached hydrogens (tertiary/aromatic N) is 5. The maximum absolute atomic E-state index is 12.9. The van der Waals surface area contributed by atoms with Crippen molar-refractivity contribution in [3.63, 3.8) is 0 Å². The fraction of sp³-hybridized carbons (Fsp3) is 0.500. The Morgan fingerprint density at radius 1 is 1.31 bits per heavy atom. The van der Waals surface area contributed by atoms with E-state index in [1.807, 2.05) is 18.2 Å². The van der Waals surface area contributed by atoms with Gasteiger partial charge in [0.05, 0.1) is 22.9 Å². The largest absolute Gasteiger partial charge is 0.476 e. The molecule has 1 N–H and O–H groups in total. The Morgan fingerprint density at radius 2 is 2.03 bits per heavy atom. The first kappa shape index (κ1) is 22.5. The number of aromatic carboxylic acids is 1. The van der Waals surface area contributed by atoms with Crippen LogP contribution in [0.4, 0.5) is 5.69 Å². The van der Waals surface area contributed by atoms with E-state index in [9.17, 15) is 9.00 Å². The summed E-state index contributed by atoms with van der Waals surface area (Å²) in [5, 5.41) is 9.06. The monoisotopic (exact) mass is 459 g/mol. The number of carboxylic acids is 1. The maximum atomic E-state index is 12.9. The third-order valence-electron chi connectivity index (χ3n) is 5.74. The Morgan fingerprint density at radius 3 is 2.66 bits per heavy atom. The molecule has 4 rings (SSSR count). The molecule has 1 saturated heterocycles. The summed E-state index contributed by atoms with van der Waals surface area (Å²) in [5.74, 6) is 0.428. The Labute approximate surface area is 189 Å². The smallest absolute Gasteiger partial charge is 0.356 e. The third kappa shape index (κ3) is 4.42. The summed E-state index contributed by atoms with van der Waals surface area (Å²) in [4.78, 5) is 19.8. The molecule has 9 nitrogen and oxygen atoms in total. The molecule has 1 unspecified atom stereocenters. The van der Waals surface area contributed by atoms with Gasteiger partial charge in [0.25, 0.3) is 0 Å². The van der Waals surface area contributed by atoms with Crippen LogP contribution in [0, 0.1) is 5.92 Å². The minimum Gasteiger partial charge on any atom is -0.476 e. The standard InChI is InChI=1S/C22H29N5O4S/c1-22(2,3)21-24-17-11-16(25(4)32(30)26-13-18(20(28)29)23-14-26)5-6-19(17)27(21)12-15-7-9-31-10-8-15/h5-6,11,13-15H,7-10,12H2,1-4H3,(H,28,29). The van der Waals surface area contributed by atoms with Crippen LogP contribution >= 0.6 is 0 Å². The molecule has 0 amide bonds. The summed E-state index contributed by atoms with van der Waals surface area (Å²) in [6.07, 6.45) is 4.61. The number of imidazole rings is 2. The van der Waals surface area contributed by atoms with Gasteiger partial charge in [-0.25, -0.2) is 22.9 Å². The number of carboxylic acid groups (broad SMARTS) is 1. The summed E-state index contributed by atoms with van der Waals surface area (Å²) in [7, 11) is 1.70. The first-order chi connectivity index (χ1) is 15.1. The SMILES string of the molecule is CN(c1ccc2c(c1)nc(C(C)(C)C)n2CC1CCOCC1)S(=O)n1cnc(C(=O)O)c1. The Hall–Kier alpha value is -2.72. The molecular weight excluding hydrogens is 430 g/mol. The lowest BCUT2D eigenvalue weighted by molar-refractivity contribution is 0.0611. The van der Waals surface area contributed by atoms with Crippen LogP contribution in [0.15, 0.2) is 30.7 Å². The number of anilines is 1. The lowest BCUT2D eigenvalue weighted by Gasteiger charge is -2.26. The van der Waals surface area contributed by atoms with E-state index in [1.54, 1.807) is 11.4 Å². The molecule has 1 aliphatic heterocycles. The highest BCUT2D eigenvalue weighted by Gasteiger charge is 2.26. The minimum atomic E-state index is -1.66. The van der Waals surface area contributed by atoms with Gasteiger partial charge in [0.1, 0.15) is 12.2 Å². The van der Waals surface area contributed by atoms with Gasteiger partial charge in [0.2, 0.25) is 11.2 Å². The second-order valence-corrected chi connectivity index (χ2v) is 10.6. The van der Waals surface area contributed by atoms with Crippen LogP contribution in [0.2, 0.25) is 0 Å². The summed E-state index contributed by atoms with van der Waals surface area (Å²) in [6.45, 7) is 9.00.